The van der Waals surface area contributed by atoms with Crippen LogP contribution in [0.3, 0.4) is 0 Å². The molecule has 4 nitrogen and oxygen atoms in total. The van der Waals surface area contributed by atoms with Crippen molar-refractivity contribution in [2.75, 3.05) is 26.2 Å². The third-order valence-corrected chi connectivity index (χ3v) is 3.37. The summed E-state index contributed by atoms with van der Waals surface area (Å²) in [6, 6.07) is 0.371. The van der Waals surface area contributed by atoms with Gasteiger partial charge in [-0.25, -0.2) is 0 Å². The number of rotatable bonds is 3. The van der Waals surface area contributed by atoms with Crippen molar-refractivity contribution in [1.29, 1.82) is 0 Å². The Morgan fingerprint density at radius 1 is 1.47 bits per heavy atom. The SMILES string of the molecule is CCC(=O)CN1CCN2C(=O)CCC2C1. The van der Waals surface area contributed by atoms with Gasteiger partial charge in [0.05, 0.1) is 6.54 Å². The minimum Gasteiger partial charge on any atom is -0.337 e. The lowest BCUT2D eigenvalue weighted by atomic mass is 10.1. The van der Waals surface area contributed by atoms with Crippen molar-refractivity contribution in [3.63, 3.8) is 0 Å². The maximum Gasteiger partial charge on any atom is 0.222 e. The predicted molar refractivity (Wildman–Crippen MR) is 56.5 cm³/mol. The summed E-state index contributed by atoms with van der Waals surface area (Å²) in [5.41, 5.74) is 0. The second kappa shape index (κ2) is 4.31. The van der Waals surface area contributed by atoms with E-state index in [1.807, 2.05) is 11.8 Å². The van der Waals surface area contributed by atoms with Gasteiger partial charge in [0.2, 0.25) is 5.91 Å². The third-order valence-electron chi connectivity index (χ3n) is 3.37. The van der Waals surface area contributed by atoms with E-state index in [9.17, 15) is 9.59 Å². The van der Waals surface area contributed by atoms with Gasteiger partial charge in [0.15, 0.2) is 0 Å². The molecular weight excluding hydrogens is 192 g/mol. The van der Waals surface area contributed by atoms with Gasteiger partial charge in [0, 0.05) is 38.5 Å². The predicted octanol–water partition coefficient (Wildman–Crippen LogP) is 0.272. The van der Waals surface area contributed by atoms with Crippen LogP contribution in [0.15, 0.2) is 0 Å². The van der Waals surface area contributed by atoms with Crippen LogP contribution in [-0.4, -0.2) is 53.7 Å². The second-order valence-corrected chi connectivity index (χ2v) is 4.41. The lowest BCUT2D eigenvalue weighted by Crippen LogP contribution is -2.52. The first-order valence-corrected chi connectivity index (χ1v) is 5.74. The minimum atomic E-state index is 0.293. The third kappa shape index (κ3) is 2.20. The first-order valence-electron chi connectivity index (χ1n) is 5.74. The molecule has 0 radical (unpaired) electrons. The molecule has 84 valence electrons. The lowest BCUT2D eigenvalue weighted by molar-refractivity contribution is -0.131. The highest BCUT2D eigenvalue weighted by atomic mass is 16.2. The van der Waals surface area contributed by atoms with Gasteiger partial charge >= 0.3 is 0 Å². The molecule has 15 heavy (non-hydrogen) atoms. The molecule has 1 amide bonds. The maximum atomic E-state index is 11.4. The fourth-order valence-corrected chi connectivity index (χ4v) is 2.43. The summed E-state index contributed by atoms with van der Waals surface area (Å²) in [6.45, 7) is 5.01. The van der Waals surface area contributed by atoms with E-state index in [-0.39, 0.29) is 0 Å². The fraction of sp³-hybridized carbons (Fsp3) is 0.818. The van der Waals surface area contributed by atoms with Gasteiger partial charge in [-0.15, -0.1) is 0 Å². The second-order valence-electron chi connectivity index (χ2n) is 4.41. The van der Waals surface area contributed by atoms with Crippen molar-refractivity contribution in [2.24, 2.45) is 0 Å². The van der Waals surface area contributed by atoms with Crippen molar-refractivity contribution in [3.8, 4) is 0 Å². The molecule has 2 saturated heterocycles. The number of amides is 1. The quantitative estimate of drug-likeness (QED) is 0.671. The van der Waals surface area contributed by atoms with Crippen LogP contribution >= 0.6 is 0 Å². The van der Waals surface area contributed by atoms with Gasteiger partial charge in [-0.05, 0) is 6.42 Å². The van der Waals surface area contributed by atoms with Crippen LogP contribution in [-0.2, 0) is 9.59 Å². The highest BCUT2D eigenvalue weighted by Gasteiger charge is 2.35. The average molecular weight is 210 g/mol. The highest BCUT2D eigenvalue weighted by molar-refractivity contribution is 5.80. The Labute approximate surface area is 90.2 Å². The number of ketones is 1. The molecule has 1 unspecified atom stereocenters. The Morgan fingerprint density at radius 2 is 2.27 bits per heavy atom. The first-order chi connectivity index (χ1) is 7.20. The van der Waals surface area contributed by atoms with E-state index in [1.165, 1.54) is 0 Å². The lowest BCUT2D eigenvalue weighted by Gasteiger charge is -2.37. The maximum absolute atomic E-state index is 11.4. The van der Waals surface area contributed by atoms with E-state index in [1.54, 1.807) is 0 Å². The molecule has 2 rings (SSSR count). The number of hydrogen-bond acceptors (Lipinski definition) is 3. The summed E-state index contributed by atoms with van der Waals surface area (Å²) in [6.07, 6.45) is 2.28. The van der Waals surface area contributed by atoms with Crippen LogP contribution < -0.4 is 0 Å². The molecule has 4 heteroatoms. The summed E-state index contributed by atoms with van der Waals surface area (Å²) in [5, 5.41) is 0. The van der Waals surface area contributed by atoms with Crippen LogP contribution in [0.4, 0.5) is 0 Å². The van der Waals surface area contributed by atoms with Crippen molar-refractivity contribution < 1.29 is 9.59 Å². The molecule has 0 saturated carbocycles. The Hall–Kier alpha value is -0.900. The van der Waals surface area contributed by atoms with Crippen molar-refractivity contribution >= 4 is 11.7 Å². The molecule has 0 aromatic rings. The zero-order valence-corrected chi connectivity index (χ0v) is 9.24. The molecule has 0 bridgehead atoms. The number of piperazine rings is 1. The van der Waals surface area contributed by atoms with E-state index >= 15 is 0 Å². The Kier molecular flexibility index (Phi) is 3.05. The molecule has 0 aromatic carbocycles. The molecule has 2 aliphatic heterocycles. The first kappa shape index (κ1) is 10.6. The van der Waals surface area contributed by atoms with Gasteiger partial charge < -0.3 is 4.90 Å². The molecular formula is C11H18N2O2. The fourth-order valence-electron chi connectivity index (χ4n) is 2.43. The normalized spacial score (nSPS) is 26.9. The average Bonchev–Trinajstić information content (AvgIpc) is 2.60. The highest BCUT2D eigenvalue weighted by Crippen LogP contribution is 2.22. The molecule has 2 fully saturated rings. The number of carbonyl (C=O) groups excluding carboxylic acids is 2. The zero-order chi connectivity index (χ0) is 10.8. The van der Waals surface area contributed by atoms with Crippen LogP contribution in [0.1, 0.15) is 26.2 Å². The van der Waals surface area contributed by atoms with Gasteiger partial charge in [-0.1, -0.05) is 6.92 Å². The molecule has 0 N–H and O–H groups in total. The molecule has 0 aliphatic carbocycles. The summed E-state index contributed by atoms with van der Waals surface area (Å²) >= 11 is 0. The van der Waals surface area contributed by atoms with Crippen LogP contribution in [0, 0.1) is 0 Å². The van der Waals surface area contributed by atoms with Crippen molar-refractivity contribution in [2.45, 2.75) is 32.2 Å². The van der Waals surface area contributed by atoms with Gasteiger partial charge in [0.25, 0.3) is 0 Å². The Morgan fingerprint density at radius 3 is 3.00 bits per heavy atom. The number of fused-ring (bicyclic) bond motifs is 1. The van der Waals surface area contributed by atoms with Crippen LogP contribution in [0.25, 0.3) is 0 Å². The van der Waals surface area contributed by atoms with Gasteiger partial charge in [0.1, 0.15) is 5.78 Å². The summed E-state index contributed by atoms with van der Waals surface area (Å²) in [4.78, 5) is 26.9. The molecule has 0 aromatic heterocycles. The largest absolute Gasteiger partial charge is 0.337 e. The van der Waals surface area contributed by atoms with E-state index in [4.69, 9.17) is 0 Å². The van der Waals surface area contributed by atoms with Crippen molar-refractivity contribution in [3.05, 3.63) is 0 Å². The van der Waals surface area contributed by atoms with E-state index in [2.05, 4.69) is 4.90 Å². The minimum absolute atomic E-state index is 0.293. The zero-order valence-electron chi connectivity index (χ0n) is 9.24. The van der Waals surface area contributed by atoms with E-state index < -0.39 is 0 Å². The Bertz CT molecular complexity index is 278. The molecule has 2 heterocycles. The standard InChI is InChI=1S/C11H18N2O2/c1-2-10(14)8-12-5-6-13-9(7-12)3-4-11(13)15/h9H,2-8H2,1H3. The number of hydrogen-bond donors (Lipinski definition) is 0. The Balaban J connectivity index is 1.88. The van der Waals surface area contributed by atoms with Crippen LogP contribution in [0.2, 0.25) is 0 Å². The van der Waals surface area contributed by atoms with E-state index in [0.717, 1.165) is 26.1 Å². The number of nitrogens with zero attached hydrogens (tertiary/aromatic N) is 2. The summed E-state index contributed by atoms with van der Waals surface area (Å²) in [7, 11) is 0. The number of carbonyl (C=O) groups is 2. The summed E-state index contributed by atoms with van der Waals surface area (Å²) < 4.78 is 0. The van der Waals surface area contributed by atoms with Gasteiger partial charge in [-0.3, -0.25) is 14.5 Å². The smallest absolute Gasteiger partial charge is 0.222 e. The van der Waals surface area contributed by atoms with E-state index in [0.29, 0.717) is 37.1 Å². The molecule has 1 atom stereocenters. The monoisotopic (exact) mass is 210 g/mol. The van der Waals surface area contributed by atoms with Crippen LogP contribution in [0.5, 0.6) is 0 Å². The molecule has 0 spiro atoms. The molecule has 2 aliphatic rings. The number of Topliss-reactive ketones (excluding diaryl/α,β-unsaturated/α-hetero) is 1. The van der Waals surface area contributed by atoms with Crippen molar-refractivity contribution in [1.82, 2.24) is 9.80 Å². The summed E-state index contributed by atoms with van der Waals surface area (Å²) in [5.74, 6) is 0.592. The topological polar surface area (TPSA) is 40.6 Å². The van der Waals surface area contributed by atoms with Gasteiger partial charge in [-0.2, -0.15) is 0 Å².